The highest BCUT2D eigenvalue weighted by Crippen LogP contribution is 2.22. The Kier molecular flexibility index (Phi) is 6.06. The van der Waals surface area contributed by atoms with Gasteiger partial charge in [0.25, 0.3) is 5.56 Å². The summed E-state index contributed by atoms with van der Waals surface area (Å²) in [7, 11) is -4.36. The smallest absolute Gasteiger partial charge is 0.313 e. The first-order valence-corrected chi connectivity index (χ1v) is 9.64. The fourth-order valence-electron chi connectivity index (χ4n) is 2.16. The lowest BCUT2D eigenvalue weighted by Crippen LogP contribution is -2.33. The second-order valence-electron chi connectivity index (χ2n) is 5.49. The quantitative estimate of drug-likeness (QED) is 0.188. The van der Waals surface area contributed by atoms with Crippen LogP contribution in [0.25, 0.3) is 0 Å². The van der Waals surface area contributed by atoms with E-state index in [4.69, 9.17) is 11.6 Å². The van der Waals surface area contributed by atoms with Crippen LogP contribution in [0.3, 0.4) is 0 Å². The first-order valence-electron chi connectivity index (χ1n) is 7.78. The van der Waals surface area contributed by atoms with Crippen LogP contribution in [0.15, 0.2) is 48.5 Å². The van der Waals surface area contributed by atoms with Gasteiger partial charge in [-0.15, -0.1) is 0 Å². The van der Waals surface area contributed by atoms with Gasteiger partial charge in [0.1, 0.15) is 11.5 Å². The van der Waals surface area contributed by atoms with Crippen molar-refractivity contribution in [3.8, 4) is 0 Å². The lowest BCUT2D eigenvalue weighted by molar-refractivity contribution is 0.234. The molecular formula is C14H11ClFN7O6S. The molecule has 5 N–H and O–H groups in total. The molecule has 13 nitrogen and oxygen atoms in total. The van der Waals surface area contributed by atoms with Crippen LogP contribution >= 0.6 is 11.6 Å². The van der Waals surface area contributed by atoms with Crippen molar-refractivity contribution in [1.29, 1.82) is 0 Å². The largest absolute Gasteiger partial charge is 0.325 e. The Morgan fingerprint density at radius 2 is 2.10 bits per heavy atom. The summed E-state index contributed by atoms with van der Waals surface area (Å²) in [6.07, 6.45) is 0.728. The lowest BCUT2D eigenvalue weighted by atomic mass is 10.3. The van der Waals surface area contributed by atoms with Crippen molar-refractivity contribution in [2.24, 2.45) is 4.99 Å². The molecule has 0 radical (unpaired) electrons. The van der Waals surface area contributed by atoms with E-state index in [0.717, 1.165) is 12.3 Å². The van der Waals surface area contributed by atoms with Gasteiger partial charge in [-0.1, -0.05) is 16.8 Å². The van der Waals surface area contributed by atoms with E-state index in [0.29, 0.717) is 0 Å². The topological polar surface area (TPSA) is 195 Å². The van der Waals surface area contributed by atoms with Gasteiger partial charge < -0.3 is 4.98 Å². The molecule has 0 unspecified atom stereocenters. The van der Waals surface area contributed by atoms with Gasteiger partial charge in [-0.05, 0) is 23.4 Å². The maximum absolute atomic E-state index is 13.3. The van der Waals surface area contributed by atoms with E-state index < -0.39 is 38.5 Å². The molecule has 3 aromatic rings. The second-order valence-corrected chi connectivity index (χ2v) is 7.63. The van der Waals surface area contributed by atoms with E-state index in [-0.39, 0.29) is 27.9 Å². The first kappa shape index (κ1) is 21.3. The van der Waals surface area contributed by atoms with Crippen LogP contribution in [0.1, 0.15) is 11.4 Å². The number of halogens is 2. The summed E-state index contributed by atoms with van der Waals surface area (Å²) in [6, 6.07) is 3.48. The van der Waals surface area contributed by atoms with Crippen molar-refractivity contribution in [3.05, 3.63) is 67.5 Å². The number of rotatable bonds is 6. The molecule has 2 heterocycles. The van der Waals surface area contributed by atoms with Gasteiger partial charge in [-0.2, -0.15) is 0 Å². The highest BCUT2D eigenvalue weighted by atomic mass is 35.5. The number of hydrogen-bond donors (Lipinski definition) is 5. The average molecular weight is 460 g/mol. The van der Waals surface area contributed by atoms with Crippen molar-refractivity contribution in [2.75, 3.05) is 0 Å². The van der Waals surface area contributed by atoms with Crippen LogP contribution in [0.2, 0.25) is 5.02 Å². The number of amidine groups is 1. The van der Waals surface area contributed by atoms with Crippen LogP contribution in [-0.4, -0.2) is 39.7 Å². The molecule has 0 aliphatic carbocycles. The zero-order valence-corrected chi connectivity index (χ0v) is 16.1. The number of nitrogens with zero attached hydrogens (tertiary/aromatic N) is 3. The number of sulfonamides is 1. The van der Waals surface area contributed by atoms with E-state index in [2.05, 4.69) is 24.7 Å². The summed E-state index contributed by atoms with van der Waals surface area (Å²) in [4.78, 5) is 29.8. The summed E-state index contributed by atoms with van der Waals surface area (Å²) < 4.78 is 44.5. The van der Waals surface area contributed by atoms with Crippen molar-refractivity contribution in [3.63, 3.8) is 0 Å². The molecule has 0 saturated heterocycles. The number of H-pyrrole nitrogens is 2. The van der Waals surface area contributed by atoms with Crippen LogP contribution in [0, 0.1) is 5.82 Å². The van der Waals surface area contributed by atoms with Gasteiger partial charge >= 0.3 is 5.69 Å². The minimum absolute atomic E-state index is 0.118. The number of hydroxylamine groups is 1. The Hall–Kier alpha value is -3.40. The first-order chi connectivity index (χ1) is 14.2. The summed E-state index contributed by atoms with van der Waals surface area (Å²) in [5.74, 6) is -0.987. The van der Waals surface area contributed by atoms with E-state index in [1.54, 1.807) is 10.5 Å². The van der Waals surface area contributed by atoms with E-state index >= 15 is 0 Å². The minimum atomic E-state index is -4.36. The fourth-order valence-corrected chi connectivity index (χ4v) is 3.32. The molecule has 30 heavy (non-hydrogen) atoms. The Morgan fingerprint density at radius 3 is 2.77 bits per heavy atom. The van der Waals surface area contributed by atoms with Gasteiger partial charge in [-0.3, -0.25) is 20.5 Å². The minimum Gasteiger partial charge on any atom is -0.313 e. The molecular weight excluding hydrogens is 449 g/mol. The number of nitrogens with one attached hydrogen (secondary N) is 4. The zero-order valence-electron chi connectivity index (χ0n) is 14.5. The molecule has 0 atom stereocenters. The van der Waals surface area contributed by atoms with Gasteiger partial charge in [0.2, 0.25) is 10.0 Å². The van der Waals surface area contributed by atoms with Crippen molar-refractivity contribution < 1.29 is 22.6 Å². The molecule has 158 valence electrons. The average Bonchev–Trinajstić information content (AvgIpc) is 3.15. The maximum Gasteiger partial charge on any atom is 0.325 e. The van der Waals surface area contributed by atoms with Crippen LogP contribution in [0.5, 0.6) is 0 Å². The molecule has 16 heteroatoms. The number of hydrogen-bond acceptors (Lipinski definition) is 9. The van der Waals surface area contributed by atoms with Gasteiger partial charge in [0, 0.05) is 6.20 Å². The monoisotopic (exact) mass is 459 g/mol. The number of aromatic amines is 2. The van der Waals surface area contributed by atoms with Crippen LogP contribution in [-0.2, 0) is 16.6 Å². The molecule has 0 spiro atoms. The number of aromatic nitrogens is 4. The molecule has 1 aromatic carbocycles. The molecule has 0 bridgehead atoms. The fraction of sp³-hybridized carbons (Fsp3) is 0.0714. The normalized spacial score (nSPS) is 12.2. The molecule has 3 rings (SSSR count). The summed E-state index contributed by atoms with van der Waals surface area (Å²) in [5, 5.41) is 16.2. The van der Waals surface area contributed by atoms with Crippen molar-refractivity contribution >= 4 is 33.1 Å². The van der Waals surface area contributed by atoms with E-state index in [1.165, 1.54) is 12.1 Å². The van der Waals surface area contributed by atoms with Crippen LogP contribution < -0.4 is 21.5 Å². The predicted molar refractivity (Wildman–Crippen MR) is 98.5 cm³/mol. The molecule has 0 amide bonds. The lowest BCUT2D eigenvalue weighted by Gasteiger charge is -2.06. The molecule has 0 aliphatic rings. The summed E-state index contributed by atoms with van der Waals surface area (Å²) in [6.45, 7) is -0.523. The third-order valence-corrected chi connectivity index (χ3v) is 5.23. The van der Waals surface area contributed by atoms with Gasteiger partial charge in [0.05, 0.1) is 17.3 Å². The van der Waals surface area contributed by atoms with E-state index in [9.17, 15) is 27.6 Å². The standard InChI is InChI=1S/C14H11ClFN7O6S/c15-7-3-6(1-2-8(7)16)19-12(21-26)11-9(22-29-23-11)4-18-30(27,28)10-5-17-14(25)20-13(10)24/h1-3,5,18,26H,4H2,(H,19,21)(H2,17,20,24,25). The Morgan fingerprint density at radius 1 is 1.33 bits per heavy atom. The second kappa shape index (κ2) is 8.54. The van der Waals surface area contributed by atoms with Gasteiger partial charge in [-0.25, -0.2) is 31.9 Å². The maximum atomic E-state index is 13.3. The number of benzene rings is 1. The third-order valence-electron chi connectivity index (χ3n) is 3.54. The molecule has 0 saturated carbocycles. The van der Waals surface area contributed by atoms with Crippen molar-refractivity contribution in [2.45, 2.75) is 11.4 Å². The Balaban J connectivity index is 1.87. The van der Waals surface area contributed by atoms with Crippen LogP contribution in [0.4, 0.5) is 10.1 Å². The van der Waals surface area contributed by atoms with Gasteiger partial charge in [0.15, 0.2) is 16.4 Å². The predicted octanol–water partition coefficient (Wildman–Crippen LogP) is -0.226. The SMILES string of the molecule is O=c1[nH]cc(S(=O)(=O)NCc2nonc2C(=Nc2ccc(F)c(Cl)c2)NO)c(=O)[nH]1. The molecule has 0 fully saturated rings. The number of aliphatic imine (C=N–C) groups is 1. The van der Waals surface area contributed by atoms with E-state index in [1.807, 2.05) is 4.98 Å². The summed E-state index contributed by atoms with van der Waals surface area (Å²) >= 11 is 5.68. The summed E-state index contributed by atoms with van der Waals surface area (Å²) in [5.41, 5.74) is -0.425. The highest BCUT2D eigenvalue weighted by molar-refractivity contribution is 7.89. The Labute approximate surface area is 170 Å². The molecule has 0 aliphatic heterocycles. The zero-order chi connectivity index (χ0) is 21.9. The highest BCUT2D eigenvalue weighted by Gasteiger charge is 2.22. The van der Waals surface area contributed by atoms with Crippen molar-refractivity contribution in [1.82, 2.24) is 30.5 Å². The third kappa shape index (κ3) is 4.60. The molecule has 2 aromatic heterocycles. The Bertz CT molecular complexity index is 1330.